The Kier molecular flexibility index (Phi) is 3.81. The maximum absolute atomic E-state index is 11.3. The first-order valence-corrected chi connectivity index (χ1v) is 5.46. The van der Waals surface area contributed by atoms with E-state index < -0.39 is 0 Å². The lowest BCUT2D eigenvalue weighted by molar-refractivity contribution is 0.0600. The smallest absolute Gasteiger partial charge is 0.337 e. The van der Waals surface area contributed by atoms with E-state index in [4.69, 9.17) is 4.84 Å². The number of carbonyl (C=O) groups excluding carboxylic acids is 1. The second-order valence-electron chi connectivity index (χ2n) is 3.59. The number of carbonyl (C=O) groups is 1. The molecule has 0 radical (unpaired) electrons. The zero-order valence-electron chi connectivity index (χ0n) is 9.92. The molecule has 0 aliphatic carbocycles. The Morgan fingerprint density at radius 3 is 2.56 bits per heavy atom. The molecule has 0 spiro atoms. The van der Waals surface area contributed by atoms with Crippen LogP contribution in [-0.2, 0) is 4.74 Å². The molecule has 0 fully saturated rings. The molecule has 0 saturated heterocycles. The van der Waals surface area contributed by atoms with Crippen LogP contribution >= 0.6 is 0 Å². The zero-order valence-corrected chi connectivity index (χ0v) is 9.92. The summed E-state index contributed by atoms with van der Waals surface area (Å²) in [5.74, 6) is 0.155. The summed E-state index contributed by atoms with van der Waals surface area (Å²) >= 11 is 0. The number of ether oxygens (including phenoxy) is 1. The zero-order chi connectivity index (χ0) is 12.8. The first-order chi connectivity index (χ1) is 8.79. The first-order valence-electron chi connectivity index (χ1n) is 5.46. The molecular formula is C14H13NO3. The normalized spacial score (nSPS) is 9.61. The predicted octanol–water partition coefficient (Wildman–Crippen LogP) is 2.88. The van der Waals surface area contributed by atoms with Crippen LogP contribution in [0.5, 0.6) is 5.75 Å². The maximum atomic E-state index is 11.3. The van der Waals surface area contributed by atoms with E-state index in [0.29, 0.717) is 11.3 Å². The Balaban J connectivity index is 2.04. The van der Waals surface area contributed by atoms with E-state index in [9.17, 15) is 4.79 Å². The third-order valence-corrected chi connectivity index (χ3v) is 2.32. The molecule has 2 aromatic carbocycles. The van der Waals surface area contributed by atoms with E-state index in [0.717, 1.165) is 5.69 Å². The number of benzene rings is 2. The van der Waals surface area contributed by atoms with Gasteiger partial charge in [-0.2, -0.15) is 0 Å². The molecule has 2 aromatic rings. The van der Waals surface area contributed by atoms with Crippen molar-refractivity contribution in [1.29, 1.82) is 0 Å². The lowest BCUT2D eigenvalue weighted by Gasteiger charge is -2.08. The second kappa shape index (κ2) is 5.72. The predicted molar refractivity (Wildman–Crippen MR) is 68.5 cm³/mol. The molecule has 1 N–H and O–H groups in total. The molecule has 0 aromatic heterocycles. The fraction of sp³-hybridized carbons (Fsp3) is 0.0714. The van der Waals surface area contributed by atoms with Gasteiger partial charge in [-0.25, -0.2) is 10.3 Å². The molecule has 0 unspecified atom stereocenters. The molecule has 18 heavy (non-hydrogen) atoms. The number of esters is 1. The molecule has 0 saturated carbocycles. The van der Waals surface area contributed by atoms with Gasteiger partial charge in [0, 0.05) is 0 Å². The van der Waals surface area contributed by atoms with Gasteiger partial charge in [-0.3, -0.25) is 0 Å². The topological polar surface area (TPSA) is 47.6 Å². The summed E-state index contributed by atoms with van der Waals surface area (Å²) in [5, 5.41) is 0. The minimum atomic E-state index is -0.389. The summed E-state index contributed by atoms with van der Waals surface area (Å²) < 4.78 is 4.64. The molecule has 4 heteroatoms. The molecule has 0 amide bonds. The Bertz CT molecular complexity index is 526. The van der Waals surface area contributed by atoms with Gasteiger partial charge in [0.25, 0.3) is 0 Å². The largest absolute Gasteiger partial charge is 0.465 e. The monoisotopic (exact) mass is 243 g/mol. The number of methoxy groups -OCH3 is 1. The highest BCUT2D eigenvalue weighted by atomic mass is 16.6. The van der Waals surface area contributed by atoms with Crippen LogP contribution in [0.3, 0.4) is 0 Å². The lowest BCUT2D eigenvalue weighted by atomic mass is 10.2. The van der Waals surface area contributed by atoms with Crippen molar-refractivity contribution in [2.45, 2.75) is 0 Å². The van der Waals surface area contributed by atoms with Crippen LogP contribution in [0.4, 0.5) is 5.69 Å². The number of rotatable bonds is 4. The van der Waals surface area contributed by atoms with E-state index in [1.807, 2.05) is 30.3 Å². The van der Waals surface area contributed by atoms with Gasteiger partial charge in [0.15, 0.2) is 5.75 Å². The molecule has 0 atom stereocenters. The lowest BCUT2D eigenvalue weighted by Crippen LogP contribution is -2.06. The summed E-state index contributed by atoms with van der Waals surface area (Å²) in [6.45, 7) is 0. The van der Waals surface area contributed by atoms with Gasteiger partial charge in [-0.1, -0.05) is 24.3 Å². The van der Waals surface area contributed by atoms with E-state index >= 15 is 0 Å². The minimum Gasteiger partial charge on any atom is -0.465 e. The molecule has 92 valence electrons. The van der Waals surface area contributed by atoms with Crippen LogP contribution in [0.1, 0.15) is 10.4 Å². The van der Waals surface area contributed by atoms with Crippen molar-refractivity contribution < 1.29 is 14.4 Å². The molecule has 4 nitrogen and oxygen atoms in total. The summed E-state index contributed by atoms with van der Waals surface area (Å²) in [6, 6.07) is 16.2. The Labute approximate surface area is 105 Å². The quantitative estimate of drug-likeness (QED) is 0.662. The van der Waals surface area contributed by atoms with E-state index in [1.165, 1.54) is 7.11 Å². The third kappa shape index (κ3) is 3.01. The molecule has 0 aliphatic rings. The minimum absolute atomic E-state index is 0.389. The molecule has 0 bridgehead atoms. The molecular weight excluding hydrogens is 230 g/mol. The van der Waals surface area contributed by atoms with Crippen LogP contribution in [0.15, 0.2) is 54.6 Å². The number of para-hydroxylation sites is 1. The van der Waals surface area contributed by atoms with E-state index in [-0.39, 0.29) is 5.97 Å². The van der Waals surface area contributed by atoms with Crippen molar-refractivity contribution in [3.8, 4) is 5.75 Å². The number of hydrogen-bond donors (Lipinski definition) is 1. The van der Waals surface area contributed by atoms with Gasteiger partial charge < -0.3 is 9.57 Å². The molecule has 0 heterocycles. The van der Waals surface area contributed by atoms with Crippen LogP contribution in [0, 0.1) is 0 Å². The SMILES string of the molecule is COC(=O)c1cccc(ONc2ccccc2)c1. The van der Waals surface area contributed by atoms with Crippen LogP contribution in [0.2, 0.25) is 0 Å². The fourth-order valence-corrected chi connectivity index (χ4v) is 1.43. The molecule has 0 aliphatic heterocycles. The van der Waals surface area contributed by atoms with Crippen molar-refractivity contribution >= 4 is 11.7 Å². The summed E-state index contributed by atoms with van der Waals surface area (Å²) in [4.78, 5) is 16.7. The summed E-state index contributed by atoms with van der Waals surface area (Å²) in [7, 11) is 1.35. The van der Waals surface area contributed by atoms with Gasteiger partial charge in [-0.05, 0) is 30.3 Å². The number of hydrogen-bond acceptors (Lipinski definition) is 4. The number of anilines is 1. The van der Waals surface area contributed by atoms with Gasteiger partial charge in [0.1, 0.15) is 0 Å². The average Bonchev–Trinajstić information content (AvgIpc) is 2.45. The fourth-order valence-electron chi connectivity index (χ4n) is 1.43. The van der Waals surface area contributed by atoms with Gasteiger partial charge in [-0.15, -0.1) is 0 Å². The summed E-state index contributed by atoms with van der Waals surface area (Å²) in [5.41, 5.74) is 4.08. The standard InChI is InChI=1S/C14H13NO3/c1-17-14(16)11-6-5-9-13(10-11)18-15-12-7-3-2-4-8-12/h2-10,15H,1H3. The third-order valence-electron chi connectivity index (χ3n) is 2.32. The Morgan fingerprint density at radius 1 is 1.06 bits per heavy atom. The number of nitrogens with one attached hydrogen (secondary N) is 1. The van der Waals surface area contributed by atoms with Crippen LogP contribution in [0.25, 0.3) is 0 Å². The highest BCUT2D eigenvalue weighted by Gasteiger charge is 2.06. The van der Waals surface area contributed by atoms with Gasteiger partial charge >= 0.3 is 5.97 Å². The first kappa shape index (κ1) is 12.0. The second-order valence-corrected chi connectivity index (χ2v) is 3.59. The maximum Gasteiger partial charge on any atom is 0.337 e. The highest BCUT2D eigenvalue weighted by molar-refractivity contribution is 5.89. The van der Waals surface area contributed by atoms with Crippen molar-refractivity contribution in [2.24, 2.45) is 0 Å². The van der Waals surface area contributed by atoms with E-state index in [2.05, 4.69) is 10.2 Å². The van der Waals surface area contributed by atoms with E-state index in [1.54, 1.807) is 24.3 Å². The van der Waals surface area contributed by atoms with Crippen molar-refractivity contribution in [1.82, 2.24) is 0 Å². The highest BCUT2D eigenvalue weighted by Crippen LogP contribution is 2.15. The van der Waals surface area contributed by atoms with Crippen molar-refractivity contribution in [3.05, 3.63) is 60.2 Å². The Hall–Kier alpha value is -2.49. The van der Waals surface area contributed by atoms with Gasteiger partial charge in [0.2, 0.25) is 0 Å². The van der Waals surface area contributed by atoms with Crippen LogP contribution < -0.4 is 10.3 Å². The average molecular weight is 243 g/mol. The Morgan fingerprint density at radius 2 is 1.83 bits per heavy atom. The van der Waals surface area contributed by atoms with Crippen molar-refractivity contribution in [2.75, 3.05) is 12.6 Å². The van der Waals surface area contributed by atoms with Crippen molar-refractivity contribution in [3.63, 3.8) is 0 Å². The van der Waals surface area contributed by atoms with Gasteiger partial charge in [0.05, 0.1) is 18.4 Å². The molecule has 2 rings (SSSR count). The van der Waals surface area contributed by atoms with Crippen LogP contribution in [-0.4, -0.2) is 13.1 Å². The summed E-state index contributed by atoms with van der Waals surface area (Å²) in [6.07, 6.45) is 0.